The van der Waals surface area contributed by atoms with Crippen LogP contribution in [-0.4, -0.2) is 18.1 Å². The Labute approximate surface area is 133 Å². The average molecular weight is 312 g/mol. The first-order valence-corrected chi connectivity index (χ1v) is 7.83. The van der Waals surface area contributed by atoms with Crippen molar-refractivity contribution in [2.45, 2.75) is 53.7 Å². The summed E-state index contributed by atoms with van der Waals surface area (Å²) in [5.41, 5.74) is 0.934. The summed E-state index contributed by atoms with van der Waals surface area (Å²) >= 11 is 5.98. The molecule has 0 spiro atoms. The zero-order valence-electron chi connectivity index (χ0n) is 13.7. The number of ether oxygens (including phenoxy) is 1. The predicted molar refractivity (Wildman–Crippen MR) is 87.9 cm³/mol. The number of hydrogen-bond acceptors (Lipinski definition) is 2. The molecule has 0 aliphatic rings. The van der Waals surface area contributed by atoms with Gasteiger partial charge in [0.05, 0.1) is 0 Å². The molecule has 1 aromatic rings. The molecule has 1 unspecified atom stereocenters. The van der Waals surface area contributed by atoms with Gasteiger partial charge in [-0.15, -0.1) is 0 Å². The Morgan fingerprint density at radius 2 is 1.71 bits per heavy atom. The first kappa shape index (κ1) is 17.8. The summed E-state index contributed by atoms with van der Waals surface area (Å²) < 4.78 is 5.70. The van der Waals surface area contributed by atoms with Gasteiger partial charge < -0.3 is 10.1 Å². The van der Waals surface area contributed by atoms with E-state index in [1.807, 2.05) is 13.0 Å². The lowest BCUT2D eigenvalue weighted by Crippen LogP contribution is -2.47. The topological polar surface area (TPSA) is 38.3 Å². The lowest BCUT2D eigenvalue weighted by Gasteiger charge is -2.27. The second-order valence-corrected chi connectivity index (χ2v) is 6.60. The minimum absolute atomic E-state index is 0.0880. The first-order chi connectivity index (χ1) is 9.72. The number of benzene rings is 1. The molecule has 0 saturated carbocycles. The molecule has 0 aromatic heterocycles. The number of amides is 1. The molecule has 4 heteroatoms. The van der Waals surface area contributed by atoms with E-state index in [4.69, 9.17) is 16.3 Å². The van der Waals surface area contributed by atoms with E-state index >= 15 is 0 Å². The van der Waals surface area contributed by atoms with Gasteiger partial charge in [-0.3, -0.25) is 4.79 Å². The zero-order chi connectivity index (χ0) is 16.2. The van der Waals surface area contributed by atoms with Gasteiger partial charge in [-0.25, -0.2) is 0 Å². The summed E-state index contributed by atoms with van der Waals surface area (Å²) in [4.78, 5) is 12.3. The number of carbonyl (C=O) groups excluding carboxylic acids is 1. The largest absolute Gasteiger partial charge is 0.481 e. The van der Waals surface area contributed by atoms with Crippen molar-refractivity contribution in [1.82, 2.24) is 5.32 Å². The summed E-state index contributed by atoms with van der Waals surface area (Å²) in [5, 5.41) is 3.77. The molecular weight excluding hydrogens is 286 g/mol. The van der Waals surface area contributed by atoms with Crippen LogP contribution in [0.15, 0.2) is 18.2 Å². The molecule has 0 aliphatic heterocycles. The number of carbonyl (C=O) groups is 1. The molecule has 1 aromatic carbocycles. The third kappa shape index (κ3) is 5.24. The van der Waals surface area contributed by atoms with Crippen molar-refractivity contribution in [1.29, 1.82) is 0 Å². The van der Waals surface area contributed by atoms with Crippen LogP contribution < -0.4 is 10.1 Å². The molecule has 0 fully saturated rings. The normalized spacial score (nSPS) is 12.9. The highest BCUT2D eigenvalue weighted by Crippen LogP contribution is 2.22. The molecule has 3 nitrogen and oxygen atoms in total. The van der Waals surface area contributed by atoms with Crippen molar-refractivity contribution in [2.75, 3.05) is 0 Å². The van der Waals surface area contributed by atoms with Gasteiger partial charge in [-0.2, -0.15) is 0 Å². The second kappa shape index (κ2) is 7.69. The third-order valence-corrected chi connectivity index (χ3v) is 3.98. The van der Waals surface area contributed by atoms with Crippen molar-refractivity contribution in [3.8, 4) is 5.75 Å². The SMILES string of the molecule is Cc1cc(OC(C)C(=O)NC(C(C)C)C(C)C)ccc1Cl. The molecule has 118 valence electrons. The zero-order valence-corrected chi connectivity index (χ0v) is 14.5. The maximum Gasteiger partial charge on any atom is 0.261 e. The van der Waals surface area contributed by atoms with E-state index in [2.05, 4.69) is 33.0 Å². The van der Waals surface area contributed by atoms with E-state index in [0.717, 1.165) is 5.56 Å². The Morgan fingerprint density at radius 3 is 2.19 bits per heavy atom. The highest BCUT2D eigenvalue weighted by Gasteiger charge is 2.23. The van der Waals surface area contributed by atoms with E-state index in [-0.39, 0.29) is 11.9 Å². The van der Waals surface area contributed by atoms with Crippen LogP contribution in [0, 0.1) is 18.8 Å². The monoisotopic (exact) mass is 311 g/mol. The van der Waals surface area contributed by atoms with Crippen LogP contribution in [0.2, 0.25) is 5.02 Å². The van der Waals surface area contributed by atoms with Gasteiger partial charge in [0, 0.05) is 11.1 Å². The van der Waals surface area contributed by atoms with E-state index in [1.165, 1.54) is 0 Å². The lowest BCUT2D eigenvalue weighted by atomic mass is 9.93. The third-order valence-electron chi connectivity index (χ3n) is 3.56. The summed E-state index contributed by atoms with van der Waals surface area (Å²) in [6.45, 7) is 12.1. The van der Waals surface area contributed by atoms with E-state index in [1.54, 1.807) is 19.1 Å². The fraction of sp³-hybridized carbons (Fsp3) is 0.588. The summed E-state index contributed by atoms with van der Waals surface area (Å²) in [7, 11) is 0. The number of hydrogen-bond donors (Lipinski definition) is 1. The van der Waals surface area contributed by atoms with Crippen molar-refractivity contribution in [3.63, 3.8) is 0 Å². The van der Waals surface area contributed by atoms with Gasteiger partial charge in [-0.05, 0) is 49.4 Å². The molecule has 1 N–H and O–H groups in total. The Bertz CT molecular complexity index is 478. The van der Waals surface area contributed by atoms with Gasteiger partial charge in [0.1, 0.15) is 5.75 Å². The summed E-state index contributed by atoms with van der Waals surface area (Å²) in [5.74, 6) is 1.35. The Morgan fingerprint density at radius 1 is 1.14 bits per heavy atom. The average Bonchev–Trinajstić information content (AvgIpc) is 2.39. The molecule has 0 aliphatic carbocycles. The number of rotatable bonds is 6. The lowest BCUT2D eigenvalue weighted by molar-refractivity contribution is -0.128. The van der Waals surface area contributed by atoms with Gasteiger partial charge in [0.15, 0.2) is 6.10 Å². The van der Waals surface area contributed by atoms with Crippen molar-refractivity contribution in [3.05, 3.63) is 28.8 Å². The Hall–Kier alpha value is -1.22. The van der Waals surface area contributed by atoms with E-state index in [9.17, 15) is 4.79 Å². The summed E-state index contributed by atoms with van der Waals surface area (Å²) in [6.07, 6.45) is -0.537. The molecule has 0 radical (unpaired) electrons. The van der Waals surface area contributed by atoms with Crippen LogP contribution in [0.5, 0.6) is 5.75 Å². The molecule has 0 heterocycles. The standard InChI is InChI=1S/C17H26ClNO2/c1-10(2)16(11(3)4)19-17(20)13(6)21-14-7-8-15(18)12(5)9-14/h7-11,13,16H,1-6H3,(H,19,20). The number of halogens is 1. The van der Waals surface area contributed by atoms with Crippen molar-refractivity contribution in [2.24, 2.45) is 11.8 Å². The minimum Gasteiger partial charge on any atom is -0.481 e. The van der Waals surface area contributed by atoms with Crippen LogP contribution in [0.4, 0.5) is 0 Å². The predicted octanol–water partition coefficient (Wildman–Crippen LogP) is 4.21. The fourth-order valence-electron chi connectivity index (χ4n) is 2.33. The van der Waals surface area contributed by atoms with E-state index in [0.29, 0.717) is 22.6 Å². The van der Waals surface area contributed by atoms with Crippen LogP contribution >= 0.6 is 11.6 Å². The molecule has 1 rings (SSSR count). The maximum atomic E-state index is 12.3. The Balaban J connectivity index is 2.67. The molecule has 0 bridgehead atoms. The highest BCUT2D eigenvalue weighted by molar-refractivity contribution is 6.31. The molecule has 0 saturated heterocycles. The molecule has 21 heavy (non-hydrogen) atoms. The highest BCUT2D eigenvalue weighted by atomic mass is 35.5. The van der Waals surface area contributed by atoms with Crippen molar-refractivity contribution >= 4 is 17.5 Å². The second-order valence-electron chi connectivity index (χ2n) is 6.19. The van der Waals surface area contributed by atoms with Crippen LogP contribution in [-0.2, 0) is 4.79 Å². The fourth-order valence-corrected chi connectivity index (χ4v) is 2.45. The van der Waals surface area contributed by atoms with Gasteiger partial charge in [0.2, 0.25) is 0 Å². The van der Waals surface area contributed by atoms with Crippen LogP contribution in [0.3, 0.4) is 0 Å². The van der Waals surface area contributed by atoms with Crippen molar-refractivity contribution < 1.29 is 9.53 Å². The van der Waals surface area contributed by atoms with E-state index < -0.39 is 6.10 Å². The summed E-state index contributed by atoms with van der Waals surface area (Å²) in [6, 6.07) is 5.55. The minimum atomic E-state index is -0.537. The van der Waals surface area contributed by atoms with Crippen LogP contribution in [0.25, 0.3) is 0 Å². The Kier molecular flexibility index (Phi) is 6.53. The van der Waals surface area contributed by atoms with Gasteiger partial charge in [0.25, 0.3) is 5.91 Å². The van der Waals surface area contributed by atoms with Gasteiger partial charge >= 0.3 is 0 Å². The molecule has 1 amide bonds. The van der Waals surface area contributed by atoms with Crippen LogP contribution in [0.1, 0.15) is 40.2 Å². The molecular formula is C17H26ClNO2. The maximum absolute atomic E-state index is 12.3. The number of nitrogens with one attached hydrogen (secondary N) is 1. The smallest absolute Gasteiger partial charge is 0.261 e. The number of aryl methyl sites for hydroxylation is 1. The molecule has 1 atom stereocenters. The van der Waals surface area contributed by atoms with Gasteiger partial charge in [-0.1, -0.05) is 39.3 Å². The quantitative estimate of drug-likeness (QED) is 0.854. The first-order valence-electron chi connectivity index (χ1n) is 7.45.